The van der Waals surface area contributed by atoms with Crippen molar-refractivity contribution in [3.63, 3.8) is 0 Å². The summed E-state index contributed by atoms with van der Waals surface area (Å²) >= 11 is 0. The molecule has 2 rings (SSSR count). The van der Waals surface area contributed by atoms with E-state index >= 15 is 0 Å². The second-order valence-electron chi connectivity index (χ2n) is 4.04. The van der Waals surface area contributed by atoms with Crippen molar-refractivity contribution in [2.45, 2.75) is 0 Å². The molecule has 0 spiro atoms. The number of benzene rings is 2. The first-order chi connectivity index (χ1) is 10.8. The number of nitrogens with zero attached hydrogens (tertiary/aromatic N) is 2. The van der Waals surface area contributed by atoms with Crippen LogP contribution in [-0.4, -0.2) is 0 Å². The van der Waals surface area contributed by atoms with Crippen LogP contribution in [0.5, 0.6) is 11.5 Å². The molecule has 0 heterocycles. The van der Waals surface area contributed by atoms with Gasteiger partial charge in [0, 0.05) is 12.1 Å². The van der Waals surface area contributed by atoms with E-state index in [-0.39, 0.29) is 12.1 Å². The minimum absolute atomic E-state index is 0.213. The maximum Gasteiger partial charge on any atom is 0.202 e. The Bertz CT molecular complexity index is 825. The third kappa shape index (κ3) is 2.64. The lowest BCUT2D eigenvalue weighted by Gasteiger charge is -2.10. The number of halogens is 6. The fourth-order valence-electron chi connectivity index (χ4n) is 1.62. The molecule has 2 aromatic carbocycles. The molecule has 0 atom stereocenters. The molecule has 116 valence electrons. The number of ether oxygens (including phenoxy) is 1. The zero-order chi connectivity index (χ0) is 17.3. The average molecular weight is 328 g/mol. The van der Waals surface area contributed by atoms with Gasteiger partial charge in [-0.15, -0.1) is 0 Å². The fraction of sp³-hybridized carbons (Fsp3) is 0. The third-order valence-corrected chi connectivity index (χ3v) is 2.69. The summed E-state index contributed by atoms with van der Waals surface area (Å²) in [7, 11) is 0. The van der Waals surface area contributed by atoms with Gasteiger partial charge in [-0.1, -0.05) is 0 Å². The zero-order valence-corrected chi connectivity index (χ0v) is 10.7. The molecule has 0 N–H and O–H groups in total. The molecule has 0 unspecified atom stereocenters. The van der Waals surface area contributed by atoms with E-state index in [2.05, 4.69) is 4.74 Å². The van der Waals surface area contributed by atoms with Gasteiger partial charge in [0.05, 0.1) is 0 Å². The number of rotatable bonds is 2. The highest BCUT2D eigenvalue weighted by Gasteiger charge is 2.24. The van der Waals surface area contributed by atoms with E-state index in [0.717, 1.165) is 12.1 Å². The molecule has 0 radical (unpaired) electrons. The van der Waals surface area contributed by atoms with Crippen LogP contribution in [0.2, 0.25) is 0 Å². The van der Waals surface area contributed by atoms with Gasteiger partial charge in [-0.3, -0.25) is 0 Å². The van der Waals surface area contributed by atoms with Gasteiger partial charge in [0.25, 0.3) is 0 Å². The average Bonchev–Trinajstić information content (AvgIpc) is 2.50. The van der Waals surface area contributed by atoms with E-state index < -0.39 is 57.5 Å². The van der Waals surface area contributed by atoms with E-state index in [1.165, 1.54) is 0 Å². The van der Waals surface area contributed by atoms with Gasteiger partial charge >= 0.3 is 0 Å². The summed E-state index contributed by atoms with van der Waals surface area (Å²) in [6, 6.07) is 2.55. The molecule has 9 heteroatoms. The molecule has 0 amide bonds. The first-order valence-electron chi connectivity index (χ1n) is 5.64. The molecule has 0 saturated heterocycles. The normalized spacial score (nSPS) is 10.1. The van der Waals surface area contributed by atoms with Gasteiger partial charge in [-0.25, -0.2) is 17.6 Å². The molecule has 0 saturated carbocycles. The first kappa shape index (κ1) is 16.2. The summed E-state index contributed by atoms with van der Waals surface area (Å²) in [5.41, 5.74) is -2.49. The van der Waals surface area contributed by atoms with Crippen LogP contribution < -0.4 is 4.74 Å². The van der Waals surface area contributed by atoms with Gasteiger partial charge in [-0.2, -0.15) is 19.3 Å². The van der Waals surface area contributed by atoms with Gasteiger partial charge in [0.1, 0.15) is 34.9 Å². The highest BCUT2D eigenvalue weighted by molar-refractivity contribution is 5.44. The summed E-state index contributed by atoms with van der Waals surface area (Å²) < 4.78 is 85.2. The van der Waals surface area contributed by atoms with Crippen LogP contribution in [0.25, 0.3) is 0 Å². The molecule has 0 aliphatic carbocycles. The van der Waals surface area contributed by atoms with Crippen molar-refractivity contribution in [3.8, 4) is 23.6 Å². The van der Waals surface area contributed by atoms with Gasteiger partial charge in [0.2, 0.25) is 11.6 Å². The maximum atomic E-state index is 13.6. The third-order valence-electron chi connectivity index (χ3n) is 2.69. The lowest BCUT2D eigenvalue weighted by atomic mass is 10.2. The maximum absolute atomic E-state index is 13.6. The van der Waals surface area contributed by atoms with Crippen molar-refractivity contribution < 1.29 is 31.1 Å². The Labute approximate surface area is 124 Å². The van der Waals surface area contributed by atoms with Crippen molar-refractivity contribution in [1.29, 1.82) is 10.5 Å². The Kier molecular flexibility index (Phi) is 4.14. The quantitative estimate of drug-likeness (QED) is 0.617. The Hall–Kier alpha value is -3.20. The Morgan fingerprint density at radius 2 is 1.00 bits per heavy atom. The second kappa shape index (κ2) is 5.89. The minimum Gasteiger partial charge on any atom is -0.451 e. The van der Waals surface area contributed by atoms with Crippen LogP contribution in [0.4, 0.5) is 26.3 Å². The fourth-order valence-corrected chi connectivity index (χ4v) is 1.62. The predicted octanol–water partition coefficient (Wildman–Crippen LogP) is 4.06. The van der Waals surface area contributed by atoms with Crippen molar-refractivity contribution in [1.82, 2.24) is 0 Å². The molecule has 0 fully saturated rings. The van der Waals surface area contributed by atoms with Crippen molar-refractivity contribution in [2.24, 2.45) is 0 Å². The highest BCUT2D eigenvalue weighted by atomic mass is 19.2. The Morgan fingerprint density at radius 1 is 0.652 bits per heavy atom. The van der Waals surface area contributed by atoms with Crippen LogP contribution in [0.3, 0.4) is 0 Å². The van der Waals surface area contributed by atoms with Gasteiger partial charge in [-0.05, 0) is 0 Å². The second-order valence-corrected chi connectivity index (χ2v) is 4.04. The van der Waals surface area contributed by atoms with Crippen LogP contribution in [0.15, 0.2) is 12.1 Å². The SMILES string of the molecule is N#Cc1c(F)cc(Oc2cc(F)c(C#N)c(F)c2F)c(F)c1F. The molecule has 2 aromatic rings. The van der Waals surface area contributed by atoms with Crippen LogP contribution >= 0.6 is 0 Å². The zero-order valence-electron chi connectivity index (χ0n) is 10.7. The summed E-state index contributed by atoms with van der Waals surface area (Å²) in [6.45, 7) is 0. The van der Waals surface area contributed by atoms with E-state index in [9.17, 15) is 26.3 Å². The summed E-state index contributed by atoms with van der Waals surface area (Å²) in [5, 5.41) is 16.9. The molecule has 0 bridgehead atoms. The van der Waals surface area contributed by atoms with Crippen LogP contribution in [0, 0.1) is 57.6 Å². The van der Waals surface area contributed by atoms with Crippen molar-refractivity contribution in [3.05, 3.63) is 58.2 Å². The summed E-state index contributed by atoms with van der Waals surface area (Å²) in [5.74, 6) is -13.0. The molecular weight excluding hydrogens is 326 g/mol. The molecule has 0 aromatic heterocycles. The number of nitriles is 2. The highest BCUT2D eigenvalue weighted by Crippen LogP contribution is 2.33. The summed E-state index contributed by atoms with van der Waals surface area (Å²) in [6.07, 6.45) is 0. The Morgan fingerprint density at radius 3 is 1.30 bits per heavy atom. The van der Waals surface area contributed by atoms with Crippen molar-refractivity contribution in [2.75, 3.05) is 0 Å². The molecular formula is C14H2F6N2O. The van der Waals surface area contributed by atoms with Crippen LogP contribution in [-0.2, 0) is 0 Å². The van der Waals surface area contributed by atoms with Gasteiger partial charge < -0.3 is 4.74 Å². The van der Waals surface area contributed by atoms with E-state index in [4.69, 9.17) is 10.5 Å². The smallest absolute Gasteiger partial charge is 0.202 e. The molecule has 23 heavy (non-hydrogen) atoms. The Balaban J connectivity index is 2.58. The van der Waals surface area contributed by atoms with Crippen molar-refractivity contribution >= 4 is 0 Å². The molecule has 0 aliphatic heterocycles. The standard InChI is InChI=1S/C14H2F6N2O/c15-7-1-9(13(19)11(17)5(7)3-21)23-10-2-8(16)6(4-22)12(18)14(10)20/h1-2H. The monoisotopic (exact) mass is 328 g/mol. The van der Waals surface area contributed by atoms with Gasteiger partial charge in [0.15, 0.2) is 23.1 Å². The van der Waals surface area contributed by atoms with E-state index in [1.807, 2.05) is 0 Å². The molecule has 0 aliphatic rings. The van der Waals surface area contributed by atoms with E-state index in [0.29, 0.717) is 0 Å². The van der Waals surface area contributed by atoms with E-state index in [1.54, 1.807) is 0 Å². The molecule has 3 nitrogen and oxygen atoms in total. The lowest BCUT2D eigenvalue weighted by Crippen LogP contribution is -2.02. The largest absolute Gasteiger partial charge is 0.451 e. The number of hydrogen-bond donors (Lipinski definition) is 0. The summed E-state index contributed by atoms with van der Waals surface area (Å²) in [4.78, 5) is 0. The predicted molar refractivity (Wildman–Crippen MR) is 62.1 cm³/mol. The van der Waals surface area contributed by atoms with Crippen LogP contribution in [0.1, 0.15) is 11.1 Å². The first-order valence-corrected chi connectivity index (χ1v) is 5.64. The topological polar surface area (TPSA) is 56.8 Å². The lowest BCUT2D eigenvalue weighted by molar-refractivity contribution is 0.374. The number of hydrogen-bond acceptors (Lipinski definition) is 3. The minimum atomic E-state index is -1.91.